The summed E-state index contributed by atoms with van der Waals surface area (Å²) in [5, 5.41) is 4.48. The fourth-order valence-corrected chi connectivity index (χ4v) is 4.04. The second-order valence-electron chi connectivity index (χ2n) is 6.29. The highest BCUT2D eigenvalue weighted by molar-refractivity contribution is 8.15. The fourth-order valence-electron chi connectivity index (χ4n) is 2.82. The number of nitrogens with one attached hydrogen (secondary N) is 4. The maximum atomic E-state index is 12.8. The van der Waals surface area contributed by atoms with Crippen LogP contribution in [0.5, 0.6) is 0 Å². The van der Waals surface area contributed by atoms with Gasteiger partial charge in [0.15, 0.2) is 11.5 Å². The number of benzene rings is 1. The summed E-state index contributed by atoms with van der Waals surface area (Å²) in [5.74, 6) is -1.61. The number of hydrogen-bond donors (Lipinski definition) is 4. The SMILES string of the molecule is COC(=O)CC1(C(=O)OC)SC(=Nc2ccccc2)NN1C1NNC(C)C(=O)N1. The lowest BCUT2D eigenvalue weighted by Crippen LogP contribution is -2.74. The van der Waals surface area contributed by atoms with Crippen molar-refractivity contribution in [3.8, 4) is 0 Å². The number of nitrogens with zero attached hydrogens (tertiary/aromatic N) is 2. The van der Waals surface area contributed by atoms with E-state index in [9.17, 15) is 14.4 Å². The van der Waals surface area contributed by atoms with Crippen LogP contribution >= 0.6 is 11.8 Å². The van der Waals surface area contributed by atoms with E-state index in [0.717, 1.165) is 11.8 Å². The van der Waals surface area contributed by atoms with Gasteiger partial charge in [-0.25, -0.2) is 20.6 Å². The predicted octanol–water partition coefficient (Wildman–Crippen LogP) is -0.444. The van der Waals surface area contributed by atoms with Crippen molar-refractivity contribution in [3.05, 3.63) is 30.3 Å². The number of carbonyl (C=O) groups excluding carboxylic acids is 3. The van der Waals surface area contributed by atoms with E-state index >= 15 is 0 Å². The van der Waals surface area contributed by atoms with E-state index in [2.05, 4.69) is 26.6 Å². The van der Waals surface area contributed by atoms with Crippen molar-refractivity contribution in [3.63, 3.8) is 0 Å². The highest BCUT2D eigenvalue weighted by Crippen LogP contribution is 2.41. The summed E-state index contributed by atoms with van der Waals surface area (Å²) in [4.78, 5) is 40.0. The van der Waals surface area contributed by atoms with Gasteiger partial charge in [0.2, 0.25) is 10.8 Å². The van der Waals surface area contributed by atoms with Crippen LogP contribution in [-0.2, 0) is 23.9 Å². The summed E-state index contributed by atoms with van der Waals surface area (Å²) in [6, 6.07) is 8.62. The second kappa shape index (κ2) is 8.78. The Labute approximate surface area is 171 Å². The molecule has 1 amide bonds. The molecule has 0 spiro atoms. The normalized spacial score (nSPS) is 28.5. The van der Waals surface area contributed by atoms with Crippen molar-refractivity contribution in [1.82, 2.24) is 26.6 Å². The Morgan fingerprint density at radius 2 is 1.93 bits per heavy atom. The number of amidine groups is 1. The average Bonchev–Trinajstić information content (AvgIpc) is 3.08. The Balaban J connectivity index is 1.99. The van der Waals surface area contributed by atoms with Crippen LogP contribution in [0.25, 0.3) is 0 Å². The lowest BCUT2D eigenvalue weighted by atomic mass is 10.2. The Hall–Kier alpha value is -2.67. The molecule has 12 heteroatoms. The number of ether oxygens (including phenoxy) is 2. The number of amides is 1. The molecule has 1 aromatic carbocycles. The number of hydrogen-bond acceptors (Lipinski definition) is 10. The number of para-hydroxylation sites is 1. The van der Waals surface area contributed by atoms with Crippen LogP contribution in [-0.4, -0.2) is 59.4 Å². The quantitative estimate of drug-likeness (QED) is 0.463. The summed E-state index contributed by atoms with van der Waals surface area (Å²) in [5.41, 5.74) is 9.38. The van der Waals surface area contributed by atoms with Crippen molar-refractivity contribution in [2.75, 3.05) is 14.2 Å². The number of esters is 2. The van der Waals surface area contributed by atoms with E-state index in [0.29, 0.717) is 10.9 Å². The third-order valence-corrected chi connectivity index (χ3v) is 5.56. The topological polar surface area (TPSA) is 133 Å². The molecule has 0 aromatic heterocycles. The summed E-state index contributed by atoms with van der Waals surface area (Å²) >= 11 is 1.00. The van der Waals surface area contributed by atoms with Gasteiger partial charge in [-0.3, -0.25) is 15.0 Å². The first-order valence-electron chi connectivity index (χ1n) is 8.75. The number of hydrazine groups is 2. The minimum atomic E-state index is -1.57. The lowest BCUT2D eigenvalue weighted by Gasteiger charge is -2.41. The number of aliphatic imine (C=N–C) groups is 1. The third-order valence-electron chi connectivity index (χ3n) is 4.34. The Morgan fingerprint density at radius 3 is 2.55 bits per heavy atom. The molecule has 11 nitrogen and oxygen atoms in total. The molecular formula is C17H22N6O5S. The summed E-state index contributed by atoms with van der Waals surface area (Å²) in [6.45, 7) is 1.68. The minimum Gasteiger partial charge on any atom is -0.469 e. The fraction of sp³-hybridized carbons (Fsp3) is 0.412. The Bertz CT molecular complexity index is 822. The maximum Gasteiger partial charge on any atom is 0.339 e. The monoisotopic (exact) mass is 422 g/mol. The third kappa shape index (κ3) is 4.34. The van der Waals surface area contributed by atoms with E-state index in [1.807, 2.05) is 18.2 Å². The lowest BCUT2D eigenvalue weighted by molar-refractivity contribution is -0.160. The molecule has 0 saturated carbocycles. The van der Waals surface area contributed by atoms with Crippen LogP contribution in [0.15, 0.2) is 35.3 Å². The molecule has 3 unspecified atom stereocenters. The second-order valence-corrected chi connectivity index (χ2v) is 7.55. The molecule has 2 saturated heterocycles. The van der Waals surface area contributed by atoms with Gasteiger partial charge >= 0.3 is 11.9 Å². The van der Waals surface area contributed by atoms with E-state index in [1.165, 1.54) is 19.2 Å². The van der Waals surface area contributed by atoms with E-state index in [4.69, 9.17) is 9.47 Å². The van der Waals surface area contributed by atoms with Gasteiger partial charge in [0.25, 0.3) is 0 Å². The number of thioether (sulfide) groups is 1. The van der Waals surface area contributed by atoms with Gasteiger partial charge in [0.1, 0.15) is 0 Å². The van der Waals surface area contributed by atoms with Crippen LogP contribution in [0.3, 0.4) is 0 Å². The highest BCUT2D eigenvalue weighted by atomic mass is 32.2. The van der Waals surface area contributed by atoms with Gasteiger partial charge < -0.3 is 14.8 Å². The van der Waals surface area contributed by atoms with Crippen LogP contribution in [0.1, 0.15) is 13.3 Å². The van der Waals surface area contributed by atoms with Gasteiger partial charge in [-0.05, 0) is 30.8 Å². The van der Waals surface area contributed by atoms with Crippen LogP contribution in [0.4, 0.5) is 5.69 Å². The van der Waals surface area contributed by atoms with E-state index in [1.54, 1.807) is 19.1 Å². The summed E-state index contributed by atoms with van der Waals surface area (Å²) in [6.07, 6.45) is -1.22. The van der Waals surface area contributed by atoms with Crippen LogP contribution in [0, 0.1) is 0 Å². The molecule has 4 N–H and O–H groups in total. The molecule has 3 atom stereocenters. The average molecular weight is 422 g/mol. The first kappa shape index (κ1) is 21.0. The number of methoxy groups -OCH3 is 2. The molecule has 2 aliphatic rings. The zero-order valence-electron chi connectivity index (χ0n) is 16.1. The van der Waals surface area contributed by atoms with Gasteiger partial charge in [0.05, 0.1) is 32.4 Å². The Kier molecular flexibility index (Phi) is 6.37. The van der Waals surface area contributed by atoms with Crippen molar-refractivity contribution >= 4 is 40.5 Å². The standard InChI is InChI=1S/C17H22N6O5S/c1-10-13(25)19-15(21-20-10)23-17(14(26)28-3,9-12(24)27-2)29-16(22-23)18-11-7-5-4-6-8-11/h4-8,10,15,20-21H,9H2,1-3H3,(H,18,22)(H,19,25). The molecule has 1 aromatic rings. The smallest absolute Gasteiger partial charge is 0.339 e. The van der Waals surface area contributed by atoms with Gasteiger partial charge in [-0.15, -0.1) is 0 Å². The summed E-state index contributed by atoms with van der Waals surface area (Å²) in [7, 11) is 2.45. The number of rotatable bonds is 5. The van der Waals surface area contributed by atoms with Crippen LogP contribution < -0.4 is 21.6 Å². The van der Waals surface area contributed by atoms with Gasteiger partial charge in [0, 0.05) is 0 Å². The Morgan fingerprint density at radius 1 is 1.21 bits per heavy atom. The van der Waals surface area contributed by atoms with Gasteiger partial charge in [-0.1, -0.05) is 18.2 Å². The van der Waals surface area contributed by atoms with Crippen molar-refractivity contribution in [2.45, 2.75) is 30.5 Å². The zero-order valence-corrected chi connectivity index (χ0v) is 16.9. The molecule has 2 fully saturated rings. The van der Waals surface area contributed by atoms with Crippen molar-refractivity contribution < 1.29 is 23.9 Å². The molecule has 0 aliphatic carbocycles. The first-order chi connectivity index (χ1) is 13.9. The van der Waals surface area contributed by atoms with Crippen molar-refractivity contribution in [2.24, 2.45) is 4.99 Å². The minimum absolute atomic E-state index is 0.286. The molecule has 0 radical (unpaired) electrons. The highest BCUT2D eigenvalue weighted by Gasteiger charge is 2.57. The van der Waals surface area contributed by atoms with E-state index < -0.39 is 29.1 Å². The molecule has 2 heterocycles. The zero-order chi connectivity index (χ0) is 21.0. The van der Waals surface area contributed by atoms with Crippen LogP contribution in [0.2, 0.25) is 0 Å². The molecule has 156 valence electrons. The summed E-state index contributed by atoms with van der Waals surface area (Å²) < 4.78 is 9.77. The maximum absolute atomic E-state index is 12.8. The van der Waals surface area contributed by atoms with Crippen molar-refractivity contribution in [1.29, 1.82) is 0 Å². The molecule has 0 bridgehead atoms. The van der Waals surface area contributed by atoms with E-state index in [-0.39, 0.29) is 12.3 Å². The van der Waals surface area contributed by atoms with Gasteiger partial charge in [-0.2, -0.15) is 5.01 Å². The number of carbonyl (C=O) groups is 3. The first-order valence-corrected chi connectivity index (χ1v) is 9.56. The molecule has 29 heavy (non-hydrogen) atoms. The predicted molar refractivity (Wildman–Crippen MR) is 105 cm³/mol. The molecule has 2 aliphatic heterocycles. The largest absolute Gasteiger partial charge is 0.469 e. The molecule has 3 rings (SSSR count). The molecular weight excluding hydrogens is 400 g/mol.